The topological polar surface area (TPSA) is 16.4 Å². The summed E-state index contributed by atoms with van der Waals surface area (Å²) in [7, 11) is 0. The zero-order chi connectivity index (χ0) is 36.7. The van der Waals surface area contributed by atoms with E-state index >= 15 is 0 Å². The van der Waals surface area contributed by atoms with Gasteiger partial charge in [0.05, 0.1) is 0 Å². The second-order valence-electron chi connectivity index (χ2n) is 16.8. The highest BCUT2D eigenvalue weighted by molar-refractivity contribution is 6.08. The first-order valence-electron chi connectivity index (χ1n) is 19.2. The van der Waals surface area contributed by atoms with Gasteiger partial charge < -0.3 is 9.32 Å². The minimum Gasteiger partial charge on any atom is -0.456 e. The van der Waals surface area contributed by atoms with Crippen molar-refractivity contribution in [3.05, 3.63) is 173 Å². The van der Waals surface area contributed by atoms with Crippen molar-refractivity contribution in [2.45, 2.75) is 52.4 Å². The van der Waals surface area contributed by atoms with Crippen molar-refractivity contribution in [1.82, 2.24) is 0 Å². The molecule has 0 amide bonds. The van der Waals surface area contributed by atoms with Crippen molar-refractivity contribution in [1.29, 1.82) is 0 Å². The molecule has 0 atom stereocenters. The lowest BCUT2D eigenvalue weighted by atomic mass is 9.78. The number of hydrogen-bond donors (Lipinski definition) is 0. The van der Waals surface area contributed by atoms with E-state index in [1.54, 1.807) is 0 Å². The molecule has 1 heterocycles. The molecular weight excluding hydrogens is 655 g/mol. The first kappa shape index (κ1) is 31.4. The van der Waals surface area contributed by atoms with E-state index in [0.29, 0.717) is 0 Å². The highest BCUT2D eigenvalue weighted by Gasteiger charge is 2.39. The maximum absolute atomic E-state index is 6.37. The molecule has 0 radical (unpaired) electrons. The van der Waals surface area contributed by atoms with Crippen LogP contribution in [0.5, 0.6) is 0 Å². The van der Waals surface area contributed by atoms with Crippen molar-refractivity contribution in [3.8, 4) is 22.3 Å². The van der Waals surface area contributed by atoms with E-state index in [4.69, 9.17) is 4.42 Å². The van der Waals surface area contributed by atoms with Crippen LogP contribution >= 0.6 is 0 Å². The Morgan fingerprint density at radius 2 is 1.02 bits per heavy atom. The summed E-state index contributed by atoms with van der Waals surface area (Å²) < 4.78 is 6.37. The van der Waals surface area contributed by atoms with E-state index in [-0.39, 0.29) is 10.8 Å². The van der Waals surface area contributed by atoms with Crippen molar-refractivity contribution >= 4 is 60.5 Å². The number of fused-ring (bicyclic) bond motifs is 13. The van der Waals surface area contributed by atoms with Crippen LogP contribution in [0.25, 0.3) is 65.7 Å². The van der Waals surface area contributed by atoms with Crippen molar-refractivity contribution in [3.63, 3.8) is 0 Å². The second kappa shape index (κ2) is 10.7. The molecule has 0 bridgehead atoms. The first-order valence-corrected chi connectivity index (χ1v) is 19.2. The van der Waals surface area contributed by atoms with Gasteiger partial charge in [0.1, 0.15) is 11.2 Å². The number of benzene rings is 8. The number of hydrogen-bond acceptors (Lipinski definition) is 2. The molecule has 0 fully saturated rings. The molecule has 54 heavy (non-hydrogen) atoms. The van der Waals surface area contributed by atoms with Crippen LogP contribution in [0.15, 0.2) is 144 Å². The van der Waals surface area contributed by atoms with Gasteiger partial charge in [-0.25, -0.2) is 0 Å². The third-order valence-electron chi connectivity index (χ3n) is 12.6. The number of para-hydroxylation sites is 1. The Kier molecular flexibility index (Phi) is 6.24. The molecule has 9 aromatic rings. The van der Waals surface area contributed by atoms with Crippen LogP contribution < -0.4 is 4.90 Å². The summed E-state index contributed by atoms with van der Waals surface area (Å²) in [5.41, 5.74) is 18.4. The third kappa shape index (κ3) is 4.23. The normalized spacial score (nSPS) is 14.8. The molecule has 0 unspecified atom stereocenters. The third-order valence-corrected chi connectivity index (χ3v) is 12.6. The van der Waals surface area contributed by atoms with Crippen LogP contribution in [-0.4, -0.2) is 0 Å². The molecule has 2 heteroatoms. The summed E-state index contributed by atoms with van der Waals surface area (Å²) in [5, 5.41) is 7.58. The predicted octanol–water partition coefficient (Wildman–Crippen LogP) is 14.6. The lowest BCUT2D eigenvalue weighted by Crippen LogP contribution is -2.17. The average molecular weight is 696 g/mol. The molecule has 11 rings (SSSR count). The van der Waals surface area contributed by atoms with Crippen molar-refractivity contribution in [2.24, 2.45) is 0 Å². The quantitative estimate of drug-likeness (QED) is 0.183. The number of anilines is 3. The minimum atomic E-state index is -0.198. The van der Waals surface area contributed by atoms with Gasteiger partial charge in [0, 0.05) is 38.7 Å². The van der Waals surface area contributed by atoms with Gasteiger partial charge in [-0.05, 0) is 146 Å². The summed E-state index contributed by atoms with van der Waals surface area (Å²) in [6.07, 6.45) is 0. The zero-order valence-corrected chi connectivity index (χ0v) is 31.6. The monoisotopic (exact) mass is 695 g/mol. The largest absolute Gasteiger partial charge is 0.456 e. The van der Waals surface area contributed by atoms with E-state index in [9.17, 15) is 0 Å². The van der Waals surface area contributed by atoms with Crippen LogP contribution in [0.3, 0.4) is 0 Å². The number of nitrogens with zero attached hydrogens (tertiary/aromatic N) is 1. The molecule has 2 nitrogen and oxygen atoms in total. The molecule has 8 aromatic carbocycles. The molecule has 2 aliphatic rings. The molecule has 260 valence electrons. The highest BCUT2D eigenvalue weighted by atomic mass is 16.3. The molecular formula is C52H41NO. The minimum absolute atomic E-state index is 0.131. The first-order chi connectivity index (χ1) is 26.1. The van der Waals surface area contributed by atoms with E-state index in [0.717, 1.165) is 22.5 Å². The Morgan fingerprint density at radius 1 is 0.407 bits per heavy atom. The van der Waals surface area contributed by atoms with Gasteiger partial charge in [0.2, 0.25) is 0 Å². The number of aryl methyl sites for hydroxylation is 2. The Hall–Kier alpha value is -6.12. The Morgan fingerprint density at radius 3 is 1.80 bits per heavy atom. The Labute approximate surface area is 316 Å². The van der Waals surface area contributed by atoms with Crippen molar-refractivity contribution < 1.29 is 4.42 Å². The lowest BCUT2D eigenvalue weighted by molar-refractivity contribution is 0.647. The fraction of sp³-hybridized carbons (Fsp3) is 0.154. The fourth-order valence-electron chi connectivity index (χ4n) is 10.3. The molecule has 0 spiro atoms. The van der Waals surface area contributed by atoms with Crippen LogP contribution in [0.4, 0.5) is 17.1 Å². The number of rotatable bonds is 3. The van der Waals surface area contributed by atoms with Crippen LogP contribution in [0, 0.1) is 13.8 Å². The molecule has 0 saturated heterocycles. The molecule has 0 saturated carbocycles. The lowest BCUT2D eigenvalue weighted by Gasteiger charge is -2.29. The van der Waals surface area contributed by atoms with Gasteiger partial charge in [0.15, 0.2) is 0 Å². The Bertz CT molecular complexity index is 3060. The Balaban J connectivity index is 1.08. The summed E-state index contributed by atoms with van der Waals surface area (Å²) in [5.74, 6) is 0. The van der Waals surface area contributed by atoms with E-state index in [1.165, 1.54) is 93.6 Å². The van der Waals surface area contributed by atoms with Gasteiger partial charge in [-0.15, -0.1) is 0 Å². The van der Waals surface area contributed by atoms with Gasteiger partial charge in [-0.3, -0.25) is 0 Å². The van der Waals surface area contributed by atoms with Crippen LogP contribution in [-0.2, 0) is 10.8 Å². The smallest absolute Gasteiger partial charge is 0.135 e. The average Bonchev–Trinajstić information content (AvgIpc) is 3.72. The van der Waals surface area contributed by atoms with Crippen molar-refractivity contribution in [2.75, 3.05) is 4.90 Å². The summed E-state index contributed by atoms with van der Waals surface area (Å²) in [4.78, 5) is 2.46. The van der Waals surface area contributed by atoms with E-state index < -0.39 is 0 Å². The van der Waals surface area contributed by atoms with Gasteiger partial charge >= 0.3 is 0 Å². The predicted molar refractivity (Wildman–Crippen MR) is 228 cm³/mol. The second-order valence-corrected chi connectivity index (χ2v) is 16.8. The molecule has 1 aromatic heterocycles. The molecule has 0 N–H and O–H groups in total. The SMILES string of the molecule is Cc1cc(C)cc(N(c2ccc3c(c2)C(C)(C)c2cc4oc5ccccc5c4cc2-3)c2ccc3c4c(ccc3c2)-c2ccc3ccccc3c2C4(C)C)c1. The molecule has 2 aliphatic carbocycles. The van der Waals surface area contributed by atoms with Gasteiger partial charge in [0.25, 0.3) is 0 Å². The van der Waals surface area contributed by atoms with Crippen LogP contribution in [0.1, 0.15) is 61.1 Å². The number of furan rings is 1. The van der Waals surface area contributed by atoms with E-state index in [2.05, 4.69) is 180 Å². The summed E-state index contributed by atoms with van der Waals surface area (Å²) >= 11 is 0. The fourth-order valence-corrected chi connectivity index (χ4v) is 10.3. The highest BCUT2D eigenvalue weighted by Crippen LogP contribution is 2.55. The maximum atomic E-state index is 6.37. The van der Waals surface area contributed by atoms with E-state index in [1.807, 2.05) is 6.07 Å². The van der Waals surface area contributed by atoms with Crippen LogP contribution in [0.2, 0.25) is 0 Å². The maximum Gasteiger partial charge on any atom is 0.135 e. The van der Waals surface area contributed by atoms with Gasteiger partial charge in [-0.1, -0.05) is 113 Å². The summed E-state index contributed by atoms with van der Waals surface area (Å²) in [6.45, 7) is 13.9. The summed E-state index contributed by atoms with van der Waals surface area (Å²) in [6, 6.07) is 52.3. The zero-order valence-electron chi connectivity index (χ0n) is 31.6. The molecule has 0 aliphatic heterocycles. The van der Waals surface area contributed by atoms with Gasteiger partial charge in [-0.2, -0.15) is 0 Å². The standard InChI is InChI=1S/C52H41NO/c1-30-23-31(2)25-36(24-30)53(35-18-22-39-43-28-44-40-13-9-10-14-47(40)54-48(44)29-46(43)51(3,4)45(39)27-35)34-17-21-38-33(26-34)16-20-42-41-19-15-32-11-7-8-12-37(32)49(41)52(5,6)50(38)42/h7-29H,1-6H3.